The van der Waals surface area contributed by atoms with Crippen molar-refractivity contribution in [3.8, 4) is 11.4 Å². The first kappa shape index (κ1) is 20.0. The monoisotopic (exact) mass is 379 g/mol. The Labute approximate surface area is 167 Å². The van der Waals surface area contributed by atoms with Gasteiger partial charge in [0.2, 0.25) is 0 Å². The van der Waals surface area contributed by atoms with Crippen molar-refractivity contribution in [3.05, 3.63) is 71.9 Å². The molecule has 5 heteroatoms. The molecule has 0 aliphatic heterocycles. The minimum absolute atomic E-state index is 0.0575. The standard InChI is InChI=1S/C23H29N3O2/c1-17(15-27-16-18-9-6-5-7-10-18)28-20-12-8-11-19(13-20)26-22(24)14-21(25-26)23(2,3)4/h5-14,17H,15-16,24H2,1-4H3/t17-/m1/s1. The summed E-state index contributed by atoms with van der Waals surface area (Å²) in [6.45, 7) is 9.45. The van der Waals surface area contributed by atoms with Gasteiger partial charge in [-0.15, -0.1) is 0 Å². The van der Waals surface area contributed by atoms with Crippen LogP contribution in [0.5, 0.6) is 5.75 Å². The molecular formula is C23H29N3O2. The van der Waals surface area contributed by atoms with E-state index in [4.69, 9.17) is 15.2 Å². The minimum Gasteiger partial charge on any atom is -0.488 e. The molecule has 0 aliphatic carbocycles. The second kappa shape index (κ2) is 8.48. The van der Waals surface area contributed by atoms with Crippen LogP contribution in [0, 0.1) is 0 Å². The summed E-state index contributed by atoms with van der Waals surface area (Å²) in [4.78, 5) is 0. The third-order valence-corrected chi connectivity index (χ3v) is 4.37. The predicted molar refractivity (Wildman–Crippen MR) is 113 cm³/mol. The quantitative estimate of drug-likeness (QED) is 0.644. The number of rotatable bonds is 7. The molecule has 3 rings (SSSR count). The van der Waals surface area contributed by atoms with E-state index in [0.717, 1.165) is 22.7 Å². The van der Waals surface area contributed by atoms with Crippen LogP contribution in [-0.4, -0.2) is 22.5 Å². The van der Waals surface area contributed by atoms with Crippen molar-refractivity contribution >= 4 is 5.82 Å². The summed E-state index contributed by atoms with van der Waals surface area (Å²) in [6, 6.07) is 19.8. The van der Waals surface area contributed by atoms with Crippen LogP contribution in [0.4, 0.5) is 5.82 Å². The van der Waals surface area contributed by atoms with Gasteiger partial charge < -0.3 is 15.2 Å². The van der Waals surface area contributed by atoms with Crippen molar-refractivity contribution < 1.29 is 9.47 Å². The fourth-order valence-electron chi connectivity index (χ4n) is 2.84. The molecule has 2 N–H and O–H groups in total. The van der Waals surface area contributed by atoms with Crippen LogP contribution >= 0.6 is 0 Å². The molecule has 148 valence electrons. The summed E-state index contributed by atoms with van der Waals surface area (Å²) >= 11 is 0. The topological polar surface area (TPSA) is 62.3 Å². The van der Waals surface area contributed by atoms with Crippen molar-refractivity contribution in [3.63, 3.8) is 0 Å². The Balaban J connectivity index is 1.62. The zero-order valence-corrected chi connectivity index (χ0v) is 17.1. The van der Waals surface area contributed by atoms with Gasteiger partial charge in [0.15, 0.2) is 0 Å². The zero-order valence-electron chi connectivity index (χ0n) is 17.1. The van der Waals surface area contributed by atoms with Crippen molar-refractivity contribution in [2.75, 3.05) is 12.3 Å². The molecule has 0 spiro atoms. The van der Waals surface area contributed by atoms with E-state index in [-0.39, 0.29) is 11.5 Å². The minimum atomic E-state index is -0.0703. The lowest BCUT2D eigenvalue weighted by Gasteiger charge is -2.16. The third-order valence-electron chi connectivity index (χ3n) is 4.37. The van der Waals surface area contributed by atoms with Gasteiger partial charge in [-0.05, 0) is 24.6 Å². The van der Waals surface area contributed by atoms with E-state index in [0.29, 0.717) is 19.0 Å². The Kier molecular flexibility index (Phi) is 6.05. The number of hydrogen-bond acceptors (Lipinski definition) is 4. The number of nitrogen functional groups attached to an aromatic ring is 1. The fraction of sp³-hybridized carbons (Fsp3) is 0.348. The van der Waals surface area contributed by atoms with Crippen LogP contribution < -0.4 is 10.5 Å². The predicted octanol–water partition coefficient (Wildman–Crippen LogP) is 4.74. The van der Waals surface area contributed by atoms with Crippen LogP contribution in [0.15, 0.2) is 60.7 Å². The lowest BCUT2D eigenvalue weighted by Crippen LogP contribution is -2.19. The lowest BCUT2D eigenvalue weighted by molar-refractivity contribution is 0.0493. The normalized spacial score (nSPS) is 12.7. The van der Waals surface area contributed by atoms with E-state index in [2.05, 4.69) is 38.0 Å². The lowest BCUT2D eigenvalue weighted by atomic mass is 9.92. The molecule has 0 unspecified atom stereocenters. The fourth-order valence-corrected chi connectivity index (χ4v) is 2.84. The number of ether oxygens (including phenoxy) is 2. The second-order valence-corrected chi connectivity index (χ2v) is 8.04. The molecule has 3 aromatic rings. The summed E-state index contributed by atoms with van der Waals surface area (Å²) in [7, 11) is 0. The Morgan fingerprint density at radius 3 is 2.46 bits per heavy atom. The average Bonchev–Trinajstić information content (AvgIpc) is 3.05. The highest BCUT2D eigenvalue weighted by atomic mass is 16.5. The third kappa shape index (κ3) is 5.14. The molecule has 0 bridgehead atoms. The van der Waals surface area contributed by atoms with E-state index in [1.54, 1.807) is 4.68 Å². The van der Waals surface area contributed by atoms with Gasteiger partial charge in [0.25, 0.3) is 0 Å². The first-order chi connectivity index (χ1) is 13.3. The summed E-state index contributed by atoms with van der Waals surface area (Å²) in [5, 5.41) is 4.67. The zero-order chi connectivity index (χ0) is 20.1. The van der Waals surface area contributed by atoms with Crippen LogP contribution in [0.25, 0.3) is 5.69 Å². The molecule has 0 aliphatic rings. The number of anilines is 1. The first-order valence-electron chi connectivity index (χ1n) is 9.58. The molecule has 0 amide bonds. The average molecular weight is 380 g/mol. The van der Waals surface area contributed by atoms with Crippen molar-refractivity contribution in [2.45, 2.75) is 45.8 Å². The number of nitrogens with two attached hydrogens (primary N) is 1. The van der Waals surface area contributed by atoms with Crippen LogP contribution in [-0.2, 0) is 16.8 Å². The van der Waals surface area contributed by atoms with E-state index in [1.165, 1.54) is 0 Å². The molecule has 0 fully saturated rings. The number of aromatic nitrogens is 2. The Morgan fingerprint density at radius 1 is 1.04 bits per heavy atom. The first-order valence-corrected chi connectivity index (χ1v) is 9.58. The molecule has 0 radical (unpaired) electrons. The highest BCUT2D eigenvalue weighted by molar-refractivity contribution is 5.46. The van der Waals surface area contributed by atoms with E-state index in [9.17, 15) is 0 Å². The molecule has 2 aromatic carbocycles. The van der Waals surface area contributed by atoms with Gasteiger partial charge in [-0.1, -0.05) is 57.2 Å². The number of nitrogens with zero attached hydrogens (tertiary/aromatic N) is 2. The molecule has 1 atom stereocenters. The SMILES string of the molecule is C[C@H](COCc1ccccc1)Oc1cccc(-n2nc(C(C)(C)C)cc2N)c1. The van der Waals surface area contributed by atoms with Gasteiger partial charge in [0, 0.05) is 17.5 Å². The van der Waals surface area contributed by atoms with Crippen molar-refractivity contribution in [1.82, 2.24) is 9.78 Å². The summed E-state index contributed by atoms with van der Waals surface area (Å²) in [6.07, 6.45) is -0.0703. The van der Waals surface area contributed by atoms with Crippen LogP contribution in [0.1, 0.15) is 39.0 Å². The highest BCUT2D eigenvalue weighted by Gasteiger charge is 2.19. The van der Waals surface area contributed by atoms with Gasteiger partial charge in [0.05, 0.1) is 24.6 Å². The molecule has 1 heterocycles. The molecule has 0 saturated heterocycles. The van der Waals surface area contributed by atoms with Gasteiger partial charge in [-0.2, -0.15) is 5.10 Å². The molecule has 28 heavy (non-hydrogen) atoms. The largest absolute Gasteiger partial charge is 0.488 e. The Hall–Kier alpha value is -2.79. The summed E-state index contributed by atoms with van der Waals surface area (Å²) < 4.78 is 13.5. The van der Waals surface area contributed by atoms with E-state index in [1.807, 2.05) is 55.5 Å². The highest BCUT2D eigenvalue weighted by Crippen LogP contribution is 2.26. The Morgan fingerprint density at radius 2 is 1.79 bits per heavy atom. The van der Waals surface area contributed by atoms with Crippen molar-refractivity contribution in [2.24, 2.45) is 0 Å². The smallest absolute Gasteiger partial charge is 0.127 e. The van der Waals surface area contributed by atoms with Gasteiger partial charge in [-0.3, -0.25) is 0 Å². The molecule has 5 nitrogen and oxygen atoms in total. The summed E-state index contributed by atoms with van der Waals surface area (Å²) in [5.41, 5.74) is 9.11. The van der Waals surface area contributed by atoms with E-state index < -0.39 is 0 Å². The summed E-state index contributed by atoms with van der Waals surface area (Å²) in [5.74, 6) is 1.38. The molecule has 0 saturated carbocycles. The maximum Gasteiger partial charge on any atom is 0.127 e. The van der Waals surface area contributed by atoms with Gasteiger partial charge >= 0.3 is 0 Å². The maximum absolute atomic E-state index is 6.18. The van der Waals surface area contributed by atoms with Crippen LogP contribution in [0.3, 0.4) is 0 Å². The van der Waals surface area contributed by atoms with Crippen molar-refractivity contribution in [1.29, 1.82) is 0 Å². The maximum atomic E-state index is 6.18. The number of hydrogen-bond donors (Lipinski definition) is 1. The van der Waals surface area contributed by atoms with E-state index >= 15 is 0 Å². The second-order valence-electron chi connectivity index (χ2n) is 8.04. The van der Waals surface area contributed by atoms with Gasteiger partial charge in [0.1, 0.15) is 17.7 Å². The van der Waals surface area contributed by atoms with Gasteiger partial charge in [-0.25, -0.2) is 4.68 Å². The molecule has 1 aromatic heterocycles. The number of benzene rings is 2. The Bertz CT molecular complexity index is 898. The molecular weight excluding hydrogens is 350 g/mol. The van der Waals surface area contributed by atoms with Crippen LogP contribution in [0.2, 0.25) is 0 Å².